The number of nitrogens with one attached hydrogen (secondary N) is 1. The number of hydrogen-bond donors (Lipinski definition) is 1. The Kier molecular flexibility index (Phi) is 4.39. The van der Waals surface area contributed by atoms with Crippen molar-refractivity contribution >= 4 is 17.7 Å². The molecule has 28 heavy (non-hydrogen) atoms. The van der Waals surface area contributed by atoms with Gasteiger partial charge in [0.25, 0.3) is 5.92 Å². The molecule has 1 saturated heterocycles. The maximum Gasteiger partial charge on any atom is 0.312 e. The first-order chi connectivity index (χ1) is 13.3. The molecule has 3 aliphatic rings. The van der Waals surface area contributed by atoms with Crippen LogP contribution in [-0.4, -0.2) is 60.1 Å². The molecule has 1 aromatic rings. The summed E-state index contributed by atoms with van der Waals surface area (Å²) in [5.41, 5.74) is -0.580. The van der Waals surface area contributed by atoms with Crippen molar-refractivity contribution in [3.05, 3.63) is 35.9 Å². The molecule has 3 atom stereocenters. The van der Waals surface area contributed by atoms with E-state index >= 15 is 0 Å². The van der Waals surface area contributed by atoms with Crippen molar-refractivity contribution in [2.24, 2.45) is 11.3 Å². The van der Waals surface area contributed by atoms with Crippen LogP contribution in [0.1, 0.15) is 30.9 Å². The highest BCUT2D eigenvalue weighted by atomic mass is 19.3. The summed E-state index contributed by atoms with van der Waals surface area (Å²) in [6.07, 6.45) is 1.53. The molecule has 3 amide bonds. The van der Waals surface area contributed by atoms with Gasteiger partial charge in [-0.25, -0.2) is 8.78 Å². The molecular formula is C20H23F2N3O3. The highest BCUT2D eigenvalue weighted by Gasteiger charge is 2.81. The monoisotopic (exact) mass is 391 g/mol. The number of piperazine rings is 1. The fourth-order valence-electron chi connectivity index (χ4n) is 4.80. The fraction of sp³-hybridized carbons (Fsp3) is 0.550. The van der Waals surface area contributed by atoms with Crippen molar-refractivity contribution in [1.82, 2.24) is 15.1 Å². The van der Waals surface area contributed by atoms with E-state index in [9.17, 15) is 23.2 Å². The second-order valence-electron chi connectivity index (χ2n) is 7.98. The Balaban J connectivity index is 1.48. The van der Waals surface area contributed by atoms with Gasteiger partial charge in [0.2, 0.25) is 5.91 Å². The summed E-state index contributed by atoms with van der Waals surface area (Å²) in [5, 5.41) is 2.42. The van der Waals surface area contributed by atoms with Crippen LogP contribution in [0.3, 0.4) is 0 Å². The predicted molar refractivity (Wildman–Crippen MR) is 96.3 cm³/mol. The third-order valence-electron chi connectivity index (χ3n) is 6.53. The van der Waals surface area contributed by atoms with Gasteiger partial charge < -0.3 is 15.1 Å². The van der Waals surface area contributed by atoms with Gasteiger partial charge in [-0.2, -0.15) is 0 Å². The van der Waals surface area contributed by atoms with Crippen molar-refractivity contribution < 1.29 is 23.2 Å². The molecule has 2 aliphatic carbocycles. The zero-order chi connectivity index (χ0) is 20.1. The van der Waals surface area contributed by atoms with Crippen LogP contribution in [0.5, 0.6) is 0 Å². The van der Waals surface area contributed by atoms with Crippen molar-refractivity contribution in [3.8, 4) is 0 Å². The number of fused-ring (bicyclic) bond motifs is 1. The van der Waals surface area contributed by atoms with E-state index in [2.05, 4.69) is 5.32 Å². The molecule has 8 heteroatoms. The molecule has 0 radical (unpaired) electrons. The smallest absolute Gasteiger partial charge is 0.312 e. The van der Waals surface area contributed by atoms with E-state index in [0.29, 0.717) is 31.4 Å². The minimum Gasteiger partial charge on any atom is -0.347 e. The Hall–Kier alpha value is -2.51. The lowest BCUT2D eigenvalue weighted by atomic mass is 10.0. The van der Waals surface area contributed by atoms with E-state index in [1.807, 2.05) is 0 Å². The highest BCUT2D eigenvalue weighted by molar-refractivity contribution is 6.35. The van der Waals surface area contributed by atoms with Gasteiger partial charge in [-0.1, -0.05) is 36.8 Å². The molecular weight excluding hydrogens is 368 g/mol. The molecule has 1 N–H and O–H groups in total. The SMILES string of the molecule is CN1CCN(C(=O)C(=O)NCC23CCCC2C3(F)F)C(c2ccccc2)C1=O. The van der Waals surface area contributed by atoms with Crippen molar-refractivity contribution in [2.45, 2.75) is 31.2 Å². The number of carbonyl (C=O) groups is 3. The molecule has 2 saturated carbocycles. The normalized spacial score (nSPS) is 30.8. The lowest BCUT2D eigenvalue weighted by Crippen LogP contribution is -2.56. The van der Waals surface area contributed by atoms with E-state index in [1.54, 1.807) is 37.4 Å². The van der Waals surface area contributed by atoms with Gasteiger partial charge in [-0.05, 0) is 18.4 Å². The summed E-state index contributed by atoms with van der Waals surface area (Å²) in [5.74, 6) is -5.52. The standard InChI is InChI=1S/C20H23F2N3O3/c1-24-10-11-25(15(17(24)27)13-6-3-2-4-7-13)18(28)16(26)23-12-19-9-5-8-14(19)20(19,21)22/h2-4,6-7,14-15H,5,8-12H2,1H3,(H,23,26). The first-order valence-electron chi connectivity index (χ1n) is 9.56. The van der Waals surface area contributed by atoms with Crippen LogP contribution < -0.4 is 5.32 Å². The predicted octanol–water partition coefficient (Wildman–Crippen LogP) is 1.58. The molecule has 3 unspecified atom stereocenters. The van der Waals surface area contributed by atoms with Crippen LogP contribution in [0.15, 0.2) is 30.3 Å². The maximum atomic E-state index is 14.0. The lowest BCUT2D eigenvalue weighted by Gasteiger charge is -2.39. The van der Waals surface area contributed by atoms with E-state index in [4.69, 9.17) is 0 Å². The molecule has 1 heterocycles. The molecule has 0 spiro atoms. The summed E-state index contributed by atoms with van der Waals surface area (Å²) in [6.45, 7) is 0.316. The molecule has 0 bridgehead atoms. The first kappa shape index (κ1) is 18.8. The van der Waals surface area contributed by atoms with Crippen LogP contribution in [-0.2, 0) is 14.4 Å². The quantitative estimate of drug-likeness (QED) is 0.796. The lowest BCUT2D eigenvalue weighted by molar-refractivity contribution is -0.155. The van der Waals surface area contributed by atoms with E-state index in [1.165, 1.54) is 9.80 Å². The van der Waals surface area contributed by atoms with Crippen LogP contribution in [0.2, 0.25) is 0 Å². The van der Waals surface area contributed by atoms with Crippen LogP contribution in [0, 0.1) is 11.3 Å². The Morgan fingerprint density at radius 2 is 1.93 bits per heavy atom. The third-order valence-corrected chi connectivity index (χ3v) is 6.53. The Morgan fingerprint density at radius 1 is 1.21 bits per heavy atom. The number of amides is 3. The van der Waals surface area contributed by atoms with Gasteiger partial charge >= 0.3 is 11.8 Å². The molecule has 1 aliphatic heterocycles. The number of hydrogen-bond acceptors (Lipinski definition) is 3. The summed E-state index contributed by atoms with van der Waals surface area (Å²) < 4.78 is 28.0. The molecule has 1 aromatic carbocycles. The minimum atomic E-state index is -2.77. The average molecular weight is 391 g/mol. The number of rotatable bonds is 3. The number of benzene rings is 1. The zero-order valence-corrected chi connectivity index (χ0v) is 15.7. The summed E-state index contributed by atoms with van der Waals surface area (Å²) >= 11 is 0. The summed E-state index contributed by atoms with van der Waals surface area (Å²) in [7, 11) is 1.65. The van der Waals surface area contributed by atoms with Gasteiger partial charge in [0.15, 0.2) is 0 Å². The van der Waals surface area contributed by atoms with E-state index in [0.717, 1.165) is 0 Å². The number of alkyl halides is 2. The van der Waals surface area contributed by atoms with Crippen molar-refractivity contribution in [2.75, 3.05) is 26.7 Å². The van der Waals surface area contributed by atoms with Gasteiger partial charge in [-0.3, -0.25) is 14.4 Å². The number of likely N-dealkylation sites (N-methyl/N-ethyl adjacent to an activating group) is 1. The molecule has 4 rings (SSSR count). The molecule has 0 aromatic heterocycles. The summed E-state index contributed by atoms with van der Waals surface area (Å²) in [6, 6.07) is 7.88. The van der Waals surface area contributed by atoms with Gasteiger partial charge in [0.1, 0.15) is 6.04 Å². The number of nitrogens with zero attached hydrogens (tertiary/aromatic N) is 2. The Bertz CT molecular complexity index is 816. The zero-order valence-electron chi connectivity index (χ0n) is 15.7. The second kappa shape index (κ2) is 6.53. The number of carbonyl (C=O) groups excluding carboxylic acids is 3. The first-order valence-corrected chi connectivity index (χ1v) is 9.56. The van der Waals surface area contributed by atoms with Gasteiger partial charge in [0.05, 0.1) is 5.41 Å². The third kappa shape index (κ3) is 2.69. The summed E-state index contributed by atoms with van der Waals surface area (Å²) in [4.78, 5) is 40.7. The van der Waals surface area contributed by atoms with E-state index in [-0.39, 0.29) is 19.0 Å². The van der Waals surface area contributed by atoms with Gasteiger partial charge in [0, 0.05) is 32.6 Å². The molecule has 6 nitrogen and oxygen atoms in total. The van der Waals surface area contributed by atoms with Crippen LogP contribution in [0.4, 0.5) is 8.78 Å². The Labute approximate surface area is 161 Å². The Morgan fingerprint density at radius 3 is 2.57 bits per heavy atom. The molecule has 150 valence electrons. The van der Waals surface area contributed by atoms with Gasteiger partial charge in [-0.15, -0.1) is 0 Å². The van der Waals surface area contributed by atoms with Crippen molar-refractivity contribution in [3.63, 3.8) is 0 Å². The second-order valence-corrected chi connectivity index (χ2v) is 7.98. The van der Waals surface area contributed by atoms with E-state index < -0.39 is 35.1 Å². The van der Waals surface area contributed by atoms with Crippen molar-refractivity contribution in [1.29, 1.82) is 0 Å². The average Bonchev–Trinajstić information content (AvgIpc) is 3.00. The fourth-order valence-corrected chi connectivity index (χ4v) is 4.80. The minimum absolute atomic E-state index is 0.201. The number of halogens is 2. The molecule has 3 fully saturated rings. The maximum absolute atomic E-state index is 14.0. The van der Waals surface area contributed by atoms with Crippen LogP contribution in [0.25, 0.3) is 0 Å². The van der Waals surface area contributed by atoms with Crippen LogP contribution >= 0.6 is 0 Å². The largest absolute Gasteiger partial charge is 0.347 e. The highest BCUT2D eigenvalue weighted by Crippen LogP contribution is 2.73. The topological polar surface area (TPSA) is 69.7 Å².